The summed E-state index contributed by atoms with van der Waals surface area (Å²) in [5.74, 6) is 0.698. The summed E-state index contributed by atoms with van der Waals surface area (Å²) in [6, 6.07) is 15.8. The Hall–Kier alpha value is -2.09. The molecule has 0 heterocycles. The van der Waals surface area contributed by atoms with E-state index in [-0.39, 0.29) is 5.97 Å². The van der Waals surface area contributed by atoms with E-state index in [0.29, 0.717) is 24.0 Å². The topological polar surface area (TPSA) is 26.3 Å². The standard InChI is InChI=1S/C20H24O2/c1-14(2)17-7-5-16(6-8-17)13-22-20(21)19-11-9-18(10-12-19)15(3)4/h5-12,14-15H,13H2,1-4H3. The maximum absolute atomic E-state index is 12.1. The first-order valence-corrected chi connectivity index (χ1v) is 7.83. The highest BCUT2D eigenvalue weighted by Crippen LogP contribution is 2.17. The van der Waals surface area contributed by atoms with Crippen LogP contribution in [0.4, 0.5) is 0 Å². The molecule has 2 aromatic carbocycles. The summed E-state index contributed by atoms with van der Waals surface area (Å²) >= 11 is 0. The van der Waals surface area contributed by atoms with E-state index in [1.807, 2.05) is 36.4 Å². The second-order valence-corrected chi connectivity index (χ2v) is 6.25. The number of carbonyl (C=O) groups excluding carboxylic acids is 1. The molecule has 0 fully saturated rings. The Morgan fingerprint density at radius 2 is 1.27 bits per heavy atom. The highest BCUT2D eigenvalue weighted by atomic mass is 16.5. The van der Waals surface area contributed by atoms with Crippen molar-refractivity contribution in [2.75, 3.05) is 0 Å². The van der Waals surface area contributed by atoms with Crippen molar-refractivity contribution in [3.05, 3.63) is 70.8 Å². The van der Waals surface area contributed by atoms with Crippen LogP contribution in [0.1, 0.15) is 66.6 Å². The molecule has 0 amide bonds. The van der Waals surface area contributed by atoms with E-state index < -0.39 is 0 Å². The SMILES string of the molecule is CC(C)c1ccc(COC(=O)c2ccc(C(C)C)cc2)cc1. The lowest BCUT2D eigenvalue weighted by Gasteiger charge is -2.09. The molecule has 0 saturated heterocycles. The Morgan fingerprint density at radius 3 is 1.73 bits per heavy atom. The van der Waals surface area contributed by atoms with Gasteiger partial charge < -0.3 is 4.74 Å². The highest BCUT2D eigenvalue weighted by molar-refractivity contribution is 5.89. The van der Waals surface area contributed by atoms with Crippen molar-refractivity contribution in [2.45, 2.75) is 46.1 Å². The summed E-state index contributed by atoms with van der Waals surface area (Å²) in [5.41, 5.74) is 4.12. The fourth-order valence-corrected chi connectivity index (χ4v) is 2.24. The Bertz CT molecular complexity index is 607. The van der Waals surface area contributed by atoms with Crippen LogP contribution in [-0.2, 0) is 11.3 Å². The molecule has 0 aliphatic rings. The van der Waals surface area contributed by atoms with Crippen LogP contribution in [0.2, 0.25) is 0 Å². The van der Waals surface area contributed by atoms with Gasteiger partial charge in [0.25, 0.3) is 0 Å². The van der Waals surface area contributed by atoms with Crippen molar-refractivity contribution < 1.29 is 9.53 Å². The maximum Gasteiger partial charge on any atom is 0.338 e. The Morgan fingerprint density at radius 1 is 0.818 bits per heavy atom. The van der Waals surface area contributed by atoms with Crippen LogP contribution in [0.3, 0.4) is 0 Å². The number of benzene rings is 2. The van der Waals surface area contributed by atoms with Crippen molar-refractivity contribution in [3.8, 4) is 0 Å². The second kappa shape index (κ2) is 7.26. The lowest BCUT2D eigenvalue weighted by molar-refractivity contribution is 0.0472. The zero-order chi connectivity index (χ0) is 16.1. The normalized spacial score (nSPS) is 11.0. The third-order valence-corrected chi connectivity index (χ3v) is 3.83. The number of carbonyl (C=O) groups is 1. The molecule has 0 saturated carbocycles. The van der Waals surface area contributed by atoms with Crippen LogP contribution in [0.5, 0.6) is 0 Å². The van der Waals surface area contributed by atoms with Crippen LogP contribution < -0.4 is 0 Å². The van der Waals surface area contributed by atoms with Crippen LogP contribution in [-0.4, -0.2) is 5.97 Å². The van der Waals surface area contributed by atoms with Gasteiger partial charge in [0, 0.05) is 0 Å². The van der Waals surface area contributed by atoms with Crippen molar-refractivity contribution >= 4 is 5.97 Å². The molecule has 2 heteroatoms. The zero-order valence-electron chi connectivity index (χ0n) is 13.8. The molecule has 2 nitrogen and oxygen atoms in total. The van der Waals surface area contributed by atoms with Gasteiger partial charge in [0.05, 0.1) is 5.56 Å². The summed E-state index contributed by atoms with van der Waals surface area (Å²) in [4.78, 5) is 12.1. The van der Waals surface area contributed by atoms with Gasteiger partial charge in [-0.2, -0.15) is 0 Å². The van der Waals surface area contributed by atoms with Crippen molar-refractivity contribution in [1.82, 2.24) is 0 Å². The van der Waals surface area contributed by atoms with E-state index >= 15 is 0 Å². The molecule has 22 heavy (non-hydrogen) atoms. The van der Waals surface area contributed by atoms with Crippen LogP contribution in [0.15, 0.2) is 48.5 Å². The smallest absolute Gasteiger partial charge is 0.338 e. The van der Waals surface area contributed by atoms with Crippen molar-refractivity contribution in [3.63, 3.8) is 0 Å². The molecule has 0 aromatic heterocycles. The molecular formula is C20H24O2. The average Bonchev–Trinajstić information content (AvgIpc) is 2.53. The molecule has 0 radical (unpaired) electrons. The number of hydrogen-bond donors (Lipinski definition) is 0. The summed E-state index contributed by atoms with van der Waals surface area (Å²) < 4.78 is 5.38. The summed E-state index contributed by atoms with van der Waals surface area (Å²) in [6.45, 7) is 8.90. The van der Waals surface area contributed by atoms with Crippen LogP contribution in [0.25, 0.3) is 0 Å². The predicted octanol–water partition coefficient (Wildman–Crippen LogP) is 5.29. The first-order chi connectivity index (χ1) is 10.5. The third-order valence-electron chi connectivity index (χ3n) is 3.83. The number of hydrogen-bond acceptors (Lipinski definition) is 2. The van der Waals surface area contributed by atoms with Gasteiger partial charge in [0.15, 0.2) is 0 Å². The summed E-state index contributed by atoms with van der Waals surface area (Å²) in [5, 5.41) is 0. The Kier molecular flexibility index (Phi) is 5.37. The minimum Gasteiger partial charge on any atom is -0.457 e. The fraction of sp³-hybridized carbons (Fsp3) is 0.350. The average molecular weight is 296 g/mol. The molecule has 0 unspecified atom stereocenters. The zero-order valence-corrected chi connectivity index (χ0v) is 13.8. The van der Waals surface area contributed by atoms with Crippen LogP contribution >= 0.6 is 0 Å². The molecule has 0 aliphatic heterocycles. The van der Waals surface area contributed by atoms with E-state index in [0.717, 1.165) is 5.56 Å². The van der Waals surface area contributed by atoms with E-state index in [1.165, 1.54) is 11.1 Å². The lowest BCUT2D eigenvalue weighted by Crippen LogP contribution is -2.05. The Labute approximate surface area is 133 Å². The molecular weight excluding hydrogens is 272 g/mol. The largest absolute Gasteiger partial charge is 0.457 e. The van der Waals surface area contributed by atoms with Gasteiger partial charge >= 0.3 is 5.97 Å². The van der Waals surface area contributed by atoms with Gasteiger partial charge in [-0.25, -0.2) is 4.79 Å². The first kappa shape index (κ1) is 16.3. The molecule has 0 bridgehead atoms. The Balaban J connectivity index is 1.94. The predicted molar refractivity (Wildman–Crippen MR) is 90.2 cm³/mol. The van der Waals surface area contributed by atoms with Gasteiger partial charge in [-0.05, 0) is 40.7 Å². The maximum atomic E-state index is 12.1. The van der Waals surface area contributed by atoms with Gasteiger partial charge in [-0.15, -0.1) is 0 Å². The number of ether oxygens (including phenoxy) is 1. The van der Waals surface area contributed by atoms with E-state index in [4.69, 9.17) is 4.74 Å². The molecule has 0 aliphatic carbocycles. The summed E-state index contributed by atoms with van der Waals surface area (Å²) in [6.07, 6.45) is 0. The molecule has 2 rings (SSSR count). The van der Waals surface area contributed by atoms with Gasteiger partial charge in [0.1, 0.15) is 6.61 Å². The van der Waals surface area contributed by atoms with Gasteiger partial charge in [0.2, 0.25) is 0 Å². The number of esters is 1. The van der Waals surface area contributed by atoms with E-state index in [1.54, 1.807) is 0 Å². The minimum absolute atomic E-state index is 0.275. The lowest BCUT2D eigenvalue weighted by atomic mass is 10.0. The first-order valence-electron chi connectivity index (χ1n) is 7.83. The van der Waals surface area contributed by atoms with E-state index in [9.17, 15) is 4.79 Å². The fourth-order valence-electron chi connectivity index (χ4n) is 2.24. The quantitative estimate of drug-likeness (QED) is 0.701. The van der Waals surface area contributed by atoms with Gasteiger partial charge in [-0.3, -0.25) is 0 Å². The molecule has 0 atom stereocenters. The van der Waals surface area contributed by atoms with Gasteiger partial charge in [-0.1, -0.05) is 64.1 Å². The molecule has 0 spiro atoms. The van der Waals surface area contributed by atoms with Crippen LogP contribution in [0, 0.1) is 0 Å². The minimum atomic E-state index is -0.275. The van der Waals surface area contributed by atoms with E-state index in [2.05, 4.69) is 39.8 Å². The summed E-state index contributed by atoms with van der Waals surface area (Å²) in [7, 11) is 0. The monoisotopic (exact) mass is 296 g/mol. The molecule has 2 aromatic rings. The highest BCUT2D eigenvalue weighted by Gasteiger charge is 2.08. The molecule has 116 valence electrons. The third kappa shape index (κ3) is 4.20. The van der Waals surface area contributed by atoms with Crippen molar-refractivity contribution in [2.24, 2.45) is 0 Å². The molecule has 0 N–H and O–H groups in total. The van der Waals surface area contributed by atoms with Crippen molar-refractivity contribution in [1.29, 1.82) is 0 Å². The second-order valence-electron chi connectivity index (χ2n) is 6.25. The number of rotatable bonds is 5.